The summed E-state index contributed by atoms with van der Waals surface area (Å²) in [6.07, 6.45) is -0.406. The Bertz CT molecular complexity index is 604. The molecule has 0 fully saturated rings. The molecule has 1 heterocycles. The number of rotatable bonds is 0. The largest absolute Gasteiger partial charge is 0.481 e. The summed E-state index contributed by atoms with van der Waals surface area (Å²) in [6.45, 7) is 1.75. The number of ether oxygens (including phenoxy) is 1. The number of carbonyl (C=O) groups excluding carboxylic acids is 1. The predicted octanol–water partition coefficient (Wildman–Crippen LogP) is 3.46. The second-order valence-corrected chi connectivity index (χ2v) is 4.31. The number of Topliss-reactive ketones (excluding diaryl/α,β-unsaturated/α-hetero) is 1. The smallest absolute Gasteiger partial charge is 0.206 e. The van der Waals surface area contributed by atoms with E-state index in [4.69, 9.17) is 16.3 Å². The average Bonchev–Trinajstić information content (AvgIpc) is 2.57. The van der Waals surface area contributed by atoms with E-state index in [0.29, 0.717) is 16.3 Å². The molecule has 0 radical (unpaired) electrons. The molecule has 0 amide bonds. The second kappa shape index (κ2) is 3.22. The second-order valence-electron chi connectivity index (χ2n) is 3.90. The lowest BCUT2D eigenvalue weighted by Crippen LogP contribution is -2.14. The summed E-state index contributed by atoms with van der Waals surface area (Å²) in [5.74, 6) is 0.667. The molecule has 0 N–H and O–H groups in total. The van der Waals surface area contributed by atoms with E-state index in [1.54, 1.807) is 13.0 Å². The molecular weight excluding hydrogens is 224 g/mol. The van der Waals surface area contributed by atoms with Crippen molar-refractivity contribution in [2.24, 2.45) is 0 Å². The van der Waals surface area contributed by atoms with Gasteiger partial charge in [-0.3, -0.25) is 4.79 Å². The van der Waals surface area contributed by atoms with Crippen molar-refractivity contribution in [2.75, 3.05) is 0 Å². The Morgan fingerprint density at radius 1 is 1.25 bits per heavy atom. The van der Waals surface area contributed by atoms with Crippen LogP contribution in [0.3, 0.4) is 0 Å². The molecule has 2 nitrogen and oxygen atoms in total. The fourth-order valence-corrected chi connectivity index (χ4v) is 2.34. The first kappa shape index (κ1) is 9.67. The molecule has 2 aromatic rings. The van der Waals surface area contributed by atoms with Crippen molar-refractivity contribution in [1.29, 1.82) is 0 Å². The molecule has 3 rings (SSSR count). The van der Waals surface area contributed by atoms with Gasteiger partial charge in [0.05, 0.1) is 5.56 Å². The summed E-state index contributed by atoms with van der Waals surface area (Å²) < 4.78 is 5.58. The molecule has 0 saturated heterocycles. The predicted molar refractivity (Wildman–Crippen MR) is 63.4 cm³/mol. The maximum atomic E-state index is 11.8. The number of benzene rings is 2. The van der Waals surface area contributed by atoms with Gasteiger partial charge >= 0.3 is 0 Å². The zero-order valence-corrected chi connectivity index (χ0v) is 9.41. The quantitative estimate of drug-likeness (QED) is 0.695. The van der Waals surface area contributed by atoms with Crippen LogP contribution in [0.25, 0.3) is 10.8 Å². The molecule has 0 aromatic heterocycles. The molecule has 0 spiro atoms. The third-order valence-corrected chi connectivity index (χ3v) is 3.19. The summed E-state index contributed by atoms with van der Waals surface area (Å²) >= 11 is 6.15. The normalized spacial score (nSPS) is 18.6. The Labute approximate surface area is 97.8 Å². The number of fused-ring (bicyclic) bond motifs is 3. The van der Waals surface area contributed by atoms with Gasteiger partial charge in [0.25, 0.3) is 0 Å². The molecular formula is C13H9ClO2. The lowest BCUT2D eigenvalue weighted by Gasteiger charge is -2.06. The first-order valence-electron chi connectivity index (χ1n) is 5.10. The minimum Gasteiger partial charge on any atom is -0.481 e. The van der Waals surface area contributed by atoms with Crippen LogP contribution in [-0.2, 0) is 0 Å². The van der Waals surface area contributed by atoms with E-state index in [1.165, 1.54) is 0 Å². The van der Waals surface area contributed by atoms with Crippen LogP contribution in [-0.4, -0.2) is 11.9 Å². The molecule has 3 heteroatoms. The lowest BCUT2D eigenvalue weighted by atomic mass is 10.0. The number of halogens is 1. The molecule has 1 atom stereocenters. The average molecular weight is 233 g/mol. The minimum atomic E-state index is -0.406. The zero-order valence-electron chi connectivity index (χ0n) is 8.66. The topological polar surface area (TPSA) is 26.3 Å². The molecule has 1 unspecified atom stereocenters. The fraction of sp³-hybridized carbons (Fsp3) is 0.154. The third kappa shape index (κ3) is 1.17. The van der Waals surface area contributed by atoms with Crippen LogP contribution in [0.5, 0.6) is 5.75 Å². The van der Waals surface area contributed by atoms with Crippen molar-refractivity contribution in [3.05, 3.63) is 40.9 Å². The van der Waals surface area contributed by atoms with Gasteiger partial charge in [0.1, 0.15) is 5.75 Å². The van der Waals surface area contributed by atoms with Gasteiger partial charge in [0.15, 0.2) is 6.10 Å². The van der Waals surface area contributed by atoms with Crippen molar-refractivity contribution in [3.63, 3.8) is 0 Å². The Hall–Kier alpha value is -1.54. The van der Waals surface area contributed by atoms with Gasteiger partial charge in [0.2, 0.25) is 5.78 Å². The fourth-order valence-electron chi connectivity index (χ4n) is 2.06. The van der Waals surface area contributed by atoms with Crippen molar-refractivity contribution in [1.82, 2.24) is 0 Å². The first-order valence-corrected chi connectivity index (χ1v) is 5.48. The number of ketones is 1. The minimum absolute atomic E-state index is 0.00246. The summed E-state index contributed by atoms with van der Waals surface area (Å²) in [4.78, 5) is 11.8. The maximum Gasteiger partial charge on any atom is 0.206 e. The highest BCUT2D eigenvalue weighted by Crippen LogP contribution is 2.39. The lowest BCUT2D eigenvalue weighted by molar-refractivity contribution is 0.0879. The summed E-state index contributed by atoms with van der Waals surface area (Å²) in [5.41, 5.74) is 0.594. The Balaban J connectivity index is 2.43. The number of hydrogen-bond donors (Lipinski definition) is 0. The van der Waals surface area contributed by atoms with E-state index in [1.807, 2.05) is 24.3 Å². The highest BCUT2D eigenvalue weighted by Gasteiger charge is 2.30. The van der Waals surface area contributed by atoms with Gasteiger partial charge in [-0.2, -0.15) is 0 Å². The van der Waals surface area contributed by atoms with E-state index < -0.39 is 6.10 Å². The van der Waals surface area contributed by atoms with Gasteiger partial charge in [-0.15, -0.1) is 0 Å². The highest BCUT2D eigenvalue weighted by molar-refractivity contribution is 6.36. The van der Waals surface area contributed by atoms with E-state index in [2.05, 4.69) is 0 Å². The van der Waals surface area contributed by atoms with Crippen LogP contribution in [0.15, 0.2) is 30.3 Å². The number of carbonyl (C=O) groups is 1. The van der Waals surface area contributed by atoms with Crippen LogP contribution in [0.2, 0.25) is 5.02 Å². The van der Waals surface area contributed by atoms with Crippen molar-refractivity contribution < 1.29 is 9.53 Å². The molecule has 1 aliphatic heterocycles. The monoisotopic (exact) mass is 232 g/mol. The Kier molecular flexibility index (Phi) is 1.95. The first-order chi connectivity index (χ1) is 7.68. The van der Waals surface area contributed by atoms with Crippen LogP contribution in [0.1, 0.15) is 17.3 Å². The maximum absolute atomic E-state index is 11.8. The van der Waals surface area contributed by atoms with Gasteiger partial charge in [-0.05, 0) is 13.0 Å². The van der Waals surface area contributed by atoms with Crippen molar-refractivity contribution in [2.45, 2.75) is 13.0 Å². The molecule has 16 heavy (non-hydrogen) atoms. The zero-order chi connectivity index (χ0) is 11.3. The van der Waals surface area contributed by atoms with Crippen LogP contribution in [0.4, 0.5) is 0 Å². The summed E-state index contributed by atoms with van der Waals surface area (Å²) in [5, 5.41) is 2.42. The molecule has 0 bridgehead atoms. The molecule has 2 aromatic carbocycles. The summed E-state index contributed by atoms with van der Waals surface area (Å²) in [6, 6.07) is 9.38. The van der Waals surface area contributed by atoms with Crippen molar-refractivity contribution >= 4 is 28.2 Å². The van der Waals surface area contributed by atoms with Gasteiger partial charge in [-0.1, -0.05) is 35.9 Å². The molecule has 0 saturated carbocycles. The van der Waals surface area contributed by atoms with Crippen LogP contribution < -0.4 is 4.74 Å². The summed E-state index contributed by atoms with van der Waals surface area (Å²) in [7, 11) is 0. The van der Waals surface area contributed by atoms with Gasteiger partial charge in [-0.25, -0.2) is 0 Å². The Morgan fingerprint density at radius 2 is 1.94 bits per heavy atom. The molecule has 1 aliphatic rings. The van der Waals surface area contributed by atoms with E-state index in [9.17, 15) is 4.79 Å². The molecule has 0 aliphatic carbocycles. The van der Waals surface area contributed by atoms with E-state index in [0.717, 1.165) is 10.8 Å². The number of hydrogen-bond acceptors (Lipinski definition) is 2. The SMILES string of the molecule is CC1Oc2c(cc(Cl)c3ccccc23)C1=O. The van der Waals surface area contributed by atoms with Gasteiger partial charge in [0, 0.05) is 15.8 Å². The highest BCUT2D eigenvalue weighted by atomic mass is 35.5. The van der Waals surface area contributed by atoms with E-state index >= 15 is 0 Å². The molecule has 80 valence electrons. The Morgan fingerprint density at radius 3 is 2.69 bits per heavy atom. The van der Waals surface area contributed by atoms with Crippen LogP contribution in [0, 0.1) is 0 Å². The van der Waals surface area contributed by atoms with Crippen molar-refractivity contribution in [3.8, 4) is 5.75 Å². The van der Waals surface area contributed by atoms with Crippen LogP contribution >= 0.6 is 11.6 Å². The standard InChI is InChI=1S/C13H9ClO2/c1-7-12(15)10-6-11(14)8-4-2-3-5-9(8)13(10)16-7/h2-7H,1H3. The van der Waals surface area contributed by atoms with E-state index in [-0.39, 0.29) is 5.78 Å². The van der Waals surface area contributed by atoms with Gasteiger partial charge < -0.3 is 4.74 Å². The third-order valence-electron chi connectivity index (χ3n) is 2.87.